The van der Waals surface area contributed by atoms with Crippen LogP contribution in [0.2, 0.25) is 0 Å². The Kier molecular flexibility index (Phi) is 6.93. The molecule has 1 aliphatic rings. The first-order chi connectivity index (χ1) is 16.3. The fourth-order valence-corrected chi connectivity index (χ4v) is 5.34. The van der Waals surface area contributed by atoms with Crippen LogP contribution in [0, 0.1) is 11.3 Å². The van der Waals surface area contributed by atoms with Crippen LogP contribution >= 0.6 is 27.7 Å². The van der Waals surface area contributed by atoms with Gasteiger partial charge in [-0.25, -0.2) is 0 Å². The van der Waals surface area contributed by atoms with Gasteiger partial charge < -0.3 is 21.3 Å². The number of aliphatic hydroxyl groups is 1. The average Bonchev–Trinajstić information content (AvgIpc) is 2.83. The molecule has 1 amide bonds. The number of aromatic hydroxyl groups is 1. The molecule has 3 aromatic rings. The van der Waals surface area contributed by atoms with Crippen molar-refractivity contribution < 1.29 is 19.6 Å². The van der Waals surface area contributed by atoms with Gasteiger partial charge in [-0.15, -0.1) is 0 Å². The summed E-state index contributed by atoms with van der Waals surface area (Å²) in [5, 5.41) is 36.3. The summed E-state index contributed by atoms with van der Waals surface area (Å²) in [6.07, 6.45) is 3.25. The Balaban J connectivity index is 2.01. The lowest BCUT2D eigenvalue weighted by atomic mass is 9.75. The Morgan fingerprint density at radius 1 is 1.18 bits per heavy atom. The van der Waals surface area contributed by atoms with Crippen LogP contribution in [-0.2, 0) is 10.5 Å². The van der Waals surface area contributed by atoms with Gasteiger partial charge in [0.05, 0.1) is 28.3 Å². The van der Waals surface area contributed by atoms with E-state index in [1.165, 1.54) is 12.3 Å². The molecule has 0 saturated heterocycles. The zero-order valence-electron chi connectivity index (χ0n) is 17.9. The number of hydrogen-bond donors (Lipinski definition) is 4. The summed E-state index contributed by atoms with van der Waals surface area (Å²) in [5.74, 6) is -1.19. The van der Waals surface area contributed by atoms with E-state index in [2.05, 4.69) is 27.3 Å². The number of carbonyl (C=O) groups excluding carboxylic acids is 1. The van der Waals surface area contributed by atoms with E-state index in [0.717, 1.165) is 21.8 Å². The quantitative estimate of drug-likeness (QED) is 0.358. The molecule has 34 heavy (non-hydrogen) atoms. The number of hydrogen-bond acceptors (Lipinski definition) is 6. The van der Waals surface area contributed by atoms with Crippen LogP contribution in [0.3, 0.4) is 0 Å². The number of carbonyl (C=O) groups is 1. The molecular formula is C25H22BrN4O3S+. The summed E-state index contributed by atoms with van der Waals surface area (Å²) in [5.41, 5.74) is 5.38. The molecule has 4 rings (SSSR count). The number of nitrogens with two attached hydrogens (primary N) is 1. The van der Waals surface area contributed by atoms with Gasteiger partial charge in [-0.1, -0.05) is 70.2 Å². The number of thioether (sulfide) groups is 1. The minimum absolute atomic E-state index is 0.0175. The predicted octanol–water partition coefficient (Wildman–Crippen LogP) is 3.17. The van der Waals surface area contributed by atoms with Crippen molar-refractivity contribution in [2.24, 2.45) is 5.73 Å². The monoisotopic (exact) mass is 537 g/mol. The van der Waals surface area contributed by atoms with Crippen LogP contribution in [0.1, 0.15) is 23.1 Å². The Hall–Kier alpha value is -3.32. The van der Waals surface area contributed by atoms with Gasteiger partial charge in [0.15, 0.2) is 11.9 Å². The topological polar surface area (TPSA) is 123 Å². The summed E-state index contributed by atoms with van der Waals surface area (Å²) in [6.45, 7) is 0. The third kappa shape index (κ3) is 4.66. The molecule has 0 saturated carbocycles. The van der Waals surface area contributed by atoms with E-state index in [9.17, 15) is 20.3 Å². The number of nitrogens with zero attached hydrogens (tertiary/aromatic N) is 2. The molecule has 1 aromatic heterocycles. The van der Waals surface area contributed by atoms with Crippen molar-refractivity contribution in [3.8, 4) is 11.8 Å². The fraction of sp³-hybridized carbons (Fsp3) is 0.160. The molecular weight excluding hydrogens is 516 g/mol. The van der Waals surface area contributed by atoms with E-state index in [-0.39, 0.29) is 11.5 Å². The van der Waals surface area contributed by atoms with Gasteiger partial charge in [0, 0.05) is 16.1 Å². The summed E-state index contributed by atoms with van der Waals surface area (Å²) in [7, 11) is 0. The minimum atomic E-state index is -1.71. The zero-order chi connectivity index (χ0) is 24.3. The van der Waals surface area contributed by atoms with E-state index in [1.807, 2.05) is 42.5 Å². The van der Waals surface area contributed by atoms with Crippen LogP contribution < -0.4 is 15.6 Å². The summed E-state index contributed by atoms with van der Waals surface area (Å²) < 4.78 is 2.54. The highest BCUT2D eigenvalue weighted by atomic mass is 79.9. The van der Waals surface area contributed by atoms with Gasteiger partial charge in [-0.05, 0) is 23.8 Å². The number of aromatic nitrogens is 1. The molecule has 0 bridgehead atoms. The number of primary amides is 1. The standard InChI is InChI=1S/C25H21BrN4O3S/c26-18-10-8-17(9-11-18)25(33)23(30-12-4-7-19(31)14-30)22(16-5-2-1-3-6-16)20(13-27)24(29-25)34-15-21(28)32/h1-12,14,22-23,29,33H,15H2,(H2-,28,31,32)/p+1/t22-,23+,25+/m0/s1. The van der Waals surface area contributed by atoms with Gasteiger partial charge in [0.1, 0.15) is 0 Å². The maximum absolute atomic E-state index is 12.3. The van der Waals surface area contributed by atoms with Crippen LogP contribution in [0.4, 0.5) is 0 Å². The molecule has 1 aliphatic heterocycles. The Morgan fingerprint density at radius 2 is 1.88 bits per heavy atom. The van der Waals surface area contributed by atoms with Gasteiger partial charge in [-0.2, -0.15) is 9.83 Å². The molecule has 2 heterocycles. The number of nitriles is 1. The minimum Gasteiger partial charge on any atom is -0.503 e. The van der Waals surface area contributed by atoms with Crippen molar-refractivity contribution in [2.45, 2.75) is 17.7 Å². The van der Waals surface area contributed by atoms with Crippen molar-refractivity contribution >= 4 is 33.6 Å². The van der Waals surface area contributed by atoms with E-state index in [4.69, 9.17) is 5.73 Å². The van der Waals surface area contributed by atoms with Crippen molar-refractivity contribution in [1.29, 1.82) is 5.26 Å². The van der Waals surface area contributed by atoms with Crippen LogP contribution in [0.15, 0.2) is 94.2 Å². The second-order valence-corrected chi connectivity index (χ2v) is 9.75. The van der Waals surface area contributed by atoms with Gasteiger partial charge in [0.25, 0.3) is 0 Å². The first-order valence-corrected chi connectivity index (χ1v) is 12.2. The molecule has 3 atom stereocenters. The number of pyridine rings is 1. The molecule has 172 valence electrons. The van der Waals surface area contributed by atoms with Gasteiger partial charge in [0.2, 0.25) is 23.9 Å². The molecule has 0 unspecified atom stereocenters. The van der Waals surface area contributed by atoms with Crippen molar-refractivity contribution in [3.05, 3.63) is 105 Å². The molecule has 0 aliphatic carbocycles. The van der Waals surface area contributed by atoms with Crippen LogP contribution in [0.25, 0.3) is 0 Å². The third-order valence-corrected chi connectivity index (χ3v) is 7.22. The number of benzene rings is 2. The first-order valence-electron chi connectivity index (χ1n) is 10.4. The van der Waals surface area contributed by atoms with Crippen molar-refractivity contribution in [3.63, 3.8) is 0 Å². The van der Waals surface area contributed by atoms with Gasteiger partial charge in [-0.3, -0.25) is 4.79 Å². The summed E-state index contributed by atoms with van der Waals surface area (Å²) >= 11 is 4.51. The maximum atomic E-state index is 12.3. The predicted molar refractivity (Wildman–Crippen MR) is 132 cm³/mol. The molecule has 2 aromatic carbocycles. The Bertz CT molecular complexity index is 1280. The van der Waals surface area contributed by atoms with E-state index in [1.54, 1.807) is 29.0 Å². The SMILES string of the molecule is N#CC1=C(SCC(N)=O)N[C@@](O)(c2ccc(Br)cc2)[C@H]([n+]2cccc(O)c2)[C@H]1c1ccccc1. The number of amides is 1. The van der Waals surface area contributed by atoms with Crippen LogP contribution in [0.5, 0.6) is 5.75 Å². The highest BCUT2D eigenvalue weighted by Gasteiger charge is 2.56. The zero-order valence-corrected chi connectivity index (χ0v) is 20.3. The van der Waals surface area contributed by atoms with Crippen molar-refractivity contribution in [1.82, 2.24) is 5.32 Å². The first kappa shape index (κ1) is 23.8. The molecule has 5 N–H and O–H groups in total. The Labute approximate surface area is 209 Å². The number of rotatable bonds is 6. The van der Waals surface area contributed by atoms with Gasteiger partial charge >= 0.3 is 0 Å². The summed E-state index contributed by atoms with van der Waals surface area (Å²) in [6, 6.07) is 21.3. The number of nitrogens with one attached hydrogen (secondary N) is 1. The van der Waals surface area contributed by atoms with E-state index >= 15 is 0 Å². The second kappa shape index (κ2) is 9.89. The average molecular weight is 538 g/mol. The van der Waals surface area contributed by atoms with Crippen molar-refractivity contribution in [2.75, 3.05) is 5.75 Å². The van der Waals surface area contributed by atoms with E-state index < -0.39 is 23.6 Å². The second-order valence-electron chi connectivity index (χ2n) is 7.85. The largest absolute Gasteiger partial charge is 0.503 e. The highest BCUT2D eigenvalue weighted by molar-refractivity contribution is 9.10. The lowest BCUT2D eigenvalue weighted by Gasteiger charge is -2.42. The number of halogens is 1. The maximum Gasteiger partial charge on any atom is 0.227 e. The molecule has 7 nitrogen and oxygen atoms in total. The molecule has 9 heteroatoms. The lowest BCUT2D eigenvalue weighted by molar-refractivity contribution is -0.744. The summed E-state index contributed by atoms with van der Waals surface area (Å²) in [4.78, 5) is 11.5. The smallest absolute Gasteiger partial charge is 0.227 e. The lowest BCUT2D eigenvalue weighted by Crippen LogP contribution is -2.62. The van der Waals surface area contributed by atoms with E-state index in [0.29, 0.717) is 16.2 Å². The molecule has 0 fully saturated rings. The number of allylic oxidation sites excluding steroid dienone is 1. The Morgan fingerprint density at radius 3 is 2.50 bits per heavy atom. The molecule has 0 radical (unpaired) electrons. The molecule has 0 spiro atoms. The fourth-order valence-electron chi connectivity index (χ4n) is 4.23. The van der Waals surface area contributed by atoms with Crippen LogP contribution in [-0.4, -0.2) is 21.9 Å². The third-order valence-electron chi connectivity index (χ3n) is 5.65. The normalized spacial score (nSPS) is 22.0. The highest BCUT2D eigenvalue weighted by Crippen LogP contribution is 2.48.